The third-order valence-electron chi connectivity index (χ3n) is 3.16. The van der Waals surface area contributed by atoms with Crippen molar-refractivity contribution in [1.82, 2.24) is 5.32 Å². The molecule has 1 aromatic rings. The second-order valence-corrected chi connectivity index (χ2v) is 5.56. The number of benzene rings is 1. The molecular formula is C15H21N3O2. The van der Waals surface area contributed by atoms with Crippen LogP contribution in [0.3, 0.4) is 0 Å². The number of nitrogens with one attached hydrogen (secondary N) is 1. The van der Waals surface area contributed by atoms with Crippen LogP contribution in [-0.2, 0) is 6.54 Å². The summed E-state index contributed by atoms with van der Waals surface area (Å²) in [6, 6.07) is 8.95. The molecule has 0 aliphatic rings. The van der Waals surface area contributed by atoms with Crippen LogP contribution in [0.25, 0.3) is 0 Å². The average Bonchev–Trinajstić information content (AvgIpc) is 2.43. The Bertz CT molecular complexity index is 492. The molecular weight excluding hydrogens is 254 g/mol. The maximum Gasteiger partial charge on any atom is 0.269 e. The first-order chi connectivity index (χ1) is 9.44. The van der Waals surface area contributed by atoms with E-state index in [9.17, 15) is 10.1 Å². The summed E-state index contributed by atoms with van der Waals surface area (Å²) in [5.74, 6) is 0. The van der Waals surface area contributed by atoms with Crippen LogP contribution in [0.2, 0.25) is 0 Å². The topological polar surface area (TPSA) is 79.0 Å². The quantitative estimate of drug-likeness (QED) is 0.448. The fourth-order valence-electron chi connectivity index (χ4n) is 1.89. The fraction of sp³-hybridized carbons (Fsp3) is 0.533. The van der Waals surface area contributed by atoms with E-state index in [1.807, 2.05) is 19.9 Å². The van der Waals surface area contributed by atoms with E-state index in [1.165, 1.54) is 6.07 Å². The Labute approximate surface area is 119 Å². The van der Waals surface area contributed by atoms with Gasteiger partial charge in [-0.05, 0) is 38.8 Å². The number of nitro benzene ring substituents is 1. The van der Waals surface area contributed by atoms with Gasteiger partial charge >= 0.3 is 0 Å². The molecule has 20 heavy (non-hydrogen) atoms. The maximum absolute atomic E-state index is 10.6. The molecule has 0 spiro atoms. The van der Waals surface area contributed by atoms with Gasteiger partial charge in [0.05, 0.1) is 16.4 Å². The van der Waals surface area contributed by atoms with E-state index in [-0.39, 0.29) is 16.0 Å². The monoisotopic (exact) mass is 275 g/mol. The Morgan fingerprint density at radius 1 is 1.40 bits per heavy atom. The first kappa shape index (κ1) is 16.1. The van der Waals surface area contributed by atoms with Gasteiger partial charge in [-0.2, -0.15) is 5.26 Å². The molecule has 1 rings (SSSR count). The van der Waals surface area contributed by atoms with E-state index < -0.39 is 0 Å². The predicted molar refractivity (Wildman–Crippen MR) is 78.0 cm³/mol. The van der Waals surface area contributed by atoms with Gasteiger partial charge in [-0.3, -0.25) is 10.1 Å². The zero-order chi connectivity index (χ0) is 15.0. The van der Waals surface area contributed by atoms with E-state index >= 15 is 0 Å². The van der Waals surface area contributed by atoms with Crippen LogP contribution in [0.5, 0.6) is 0 Å². The minimum Gasteiger partial charge on any atom is -0.313 e. The molecule has 5 heteroatoms. The van der Waals surface area contributed by atoms with Crippen molar-refractivity contribution >= 4 is 5.69 Å². The lowest BCUT2D eigenvalue weighted by Crippen LogP contribution is -2.16. The summed E-state index contributed by atoms with van der Waals surface area (Å²) in [7, 11) is 0. The van der Waals surface area contributed by atoms with Crippen LogP contribution >= 0.6 is 0 Å². The number of hydrogen-bond donors (Lipinski definition) is 1. The molecule has 1 aromatic carbocycles. The molecule has 0 radical (unpaired) electrons. The Kier molecular flexibility index (Phi) is 6.13. The Morgan fingerprint density at radius 3 is 2.80 bits per heavy atom. The molecule has 0 saturated heterocycles. The highest BCUT2D eigenvalue weighted by Gasteiger charge is 2.15. The molecule has 0 saturated carbocycles. The molecule has 108 valence electrons. The first-order valence-corrected chi connectivity index (χ1v) is 6.80. The van der Waals surface area contributed by atoms with Crippen molar-refractivity contribution in [3.05, 3.63) is 39.9 Å². The molecule has 0 fully saturated rings. The lowest BCUT2D eigenvalue weighted by Gasteiger charge is -2.14. The zero-order valence-electron chi connectivity index (χ0n) is 12.1. The molecule has 0 unspecified atom stereocenters. The third kappa shape index (κ3) is 5.81. The van der Waals surface area contributed by atoms with Gasteiger partial charge in [0.1, 0.15) is 0 Å². The van der Waals surface area contributed by atoms with Gasteiger partial charge in [-0.15, -0.1) is 0 Å². The minimum absolute atomic E-state index is 0.125. The molecule has 0 aliphatic carbocycles. The van der Waals surface area contributed by atoms with Crippen molar-refractivity contribution in [2.24, 2.45) is 5.41 Å². The Balaban J connectivity index is 2.24. The summed E-state index contributed by atoms with van der Waals surface area (Å²) in [4.78, 5) is 10.3. The van der Waals surface area contributed by atoms with E-state index in [0.717, 1.165) is 31.4 Å². The highest BCUT2D eigenvalue weighted by Crippen LogP contribution is 2.21. The molecule has 0 amide bonds. The van der Waals surface area contributed by atoms with Gasteiger partial charge in [0.2, 0.25) is 0 Å². The summed E-state index contributed by atoms with van der Waals surface area (Å²) in [6.45, 7) is 5.38. The highest BCUT2D eigenvalue weighted by molar-refractivity contribution is 5.34. The maximum atomic E-state index is 10.6. The van der Waals surface area contributed by atoms with Crippen LogP contribution in [0.4, 0.5) is 5.69 Å². The van der Waals surface area contributed by atoms with Crippen molar-refractivity contribution in [2.45, 2.75) is 39.7 Å². The summed E-state index contributed by atoms with van der Waals surface area (Å²) in [5.41, 5.74) is 0.789. The molecule has 5 nitrogen and oxygen atoms in total. The number of nitriles is 1. The Morgan fingerprint density at radius 2 is 2.15 bits per heavy atom. The molecule has 0 aromatic heterocycles. The third-order valence-corrected chi connectivity index (χ3v) is 3.16. The van der Waals surface area contributed by atoms with Gasteiger partial charge < -0.3 is 5.32 Å². The number of non-ortho nitro benzene ring substituents is 1. The predicted octanol–water partition coefficient (Wildman–Crippen LogP) is 3.40. The van der Waals surface area contributed by atoms with Crippen molar-refractivity contribution < 1.29 is 4.92 Å². The summed E-state index contributed by atoms with van der Waals surface area (Å²) in [6.07, 6.45) is 2.89. The molecule has 0 bridgehead atoms. The number of rotatable bonds is 8. The minimum atomic E-state index is -0.381. The standard InChI is InChI=1S/C15H21N3O2/c1-15(2,12-16)8-3-4-9-17-11-13-6-5-7-14(10-13)18(19)20/h5-7,10,17H,3-4,8-9,11H2,1-2H3. The van der Waals surface area contributed by atoms with Gasteiger partial charge in [-0.1, -0.05) is 18.6 Å². The Hall–Kier alpha value is -1.93. The summed E-state index contributed by atoms with van der Waals surface area (Å²) >= 11 is 0. The fourth-order valence-corrected chi connectivity index (χ4v) is 1.89. The van der Waals surface area contributed by atoms with Crippen molar-refractivity contribution in [1.29, 1.82) is 5.26 Å². The molecule has 0 aliphatic heterocycles. The van der Waals surface area contributed by atoms with Gasteiger partial charge in [0.25, 0.3) is 5.69 Å². The largest absolute Gasteiger partial charge is 0.313 e. The van der Waals surface area contributed by atoms with Crippen LogP contribution in [0.15, 0.2) is 24.3 Å². The van der Waals surface area contributed by atoms with E-state index in [1.54, 1.807) is 12.1 Å². The van der Waals surface area contributed by atoms with Gasteiger partial charge in [0, 0.05) is 18.7 Å². The van der Waals surface area contributed by atoms with E-state index in [2.05, 4.69) is 11.4 Å². The second-order valence-electron chi connectivity index (χ2n) is 5.56. The van der Waals surface area contributed by atoms with Gasteiger partial charge in [-0.25, -0.2) is 0 Å². The van der Waals surface area contributed by atoms with Crippen LogP contribution in [0.1, 0.15) is 38.7 Å². The first-order valence-electron chi connectivity index (χ1n) is 6.80. The normalized spacial score (nSPS) is 11.1. The van der Waals surface area contributed by atoms with Crippen LogP contribution in [0, 0.1) is 26.9 Å². The van der Waals surface area contributed by atoms with E-state index in [0.29, 0.717) is 6.54 Å². The van der Waals surface area contributed by atoms with Crippen molar-refractivity contribution in [3.63, 3.8) is 0 Å². The van der Waals surface area contributed by atoms with E-state index in [4.69, 9.17) is 5.26 Å². The average molecular weight is 275 g/mol. The van der Waals surface area contributed by atoms with Crippen LogP contribution < -0.4 is 5.32 Å². The lowest BCUT2D eigenvalue weighted by molar-refractivity contribution is -0.384. The van der Waals surface area contributed by atoms with Crippen molar-refractivity contribution in [3.8, 4) is 6.07 Å². The molecule has 0 heterocycles. The zero-order valence-corrected chi connectivity index (χ0v) is 12.1. The number of nitro groups is 1. The SMILES string of the molecule is CC(C)(C#N)CCCCNCc1cccc([N+](=O)[O-])c1. The number of hydrogen-bond acceptors (Lipinski definition) is 4. The highest BCUT2D eigenvalue weighted by atomic mass is 16.6. The number of nitrogens with zero attached hydrogens (tertiary/aromatic N) is 2. The van der Waals surface area contributed by atoms with Crippen molar-refractivity contribution in [2.75, 3.05) is 6.54 Å². The molecule has 1 N–H and O–H groups in total. The lowest BCUT2D eigenvalue weighted by atomic mass is 9.89. The second kappa shape index (κ2) is 7.61. The number of unbranched alkanes of at least 4 members (excludes halogenated alkanes) is 1. The molecule has 0 atom stereocenters. The summed E-state index contributed by atoms with van der Waals surface area (Å²) in [5, 5.41) is 22.8. The van der Waals surface area contributed by atoms with Gasteiger partial charge in [0.15, 0.2) is 0 Å². The smallest absolute Gasteiger partial charge is 0.269 e. The van der Waals surface area contributed by atoms with Crippen LogP contribution in [-0.4, -0.2) is 11.5 Å². The summed E-state index contributed by atoms with van der Waals surface area (Å²) < 4.78 is 0.